The lowest BCUT2D eigenvalue weighted by Crippen LogP contribution is -2.44. The molecule has 0 spiro atoms. The van der Waals surface area contributed by atoms with Gasteiger partial charge in [-0.25, -0.2) is 0 Å². The van der Waals surface area contributed by atoms with Gasteiger partial charge in [0.05, 0.1) is 6.54 Å². The van der Waals surface area contributed by atoms with Gasteiger partial charge in [-0.15, -0.1) is 0 Å². The number of phenolic OH excluding ortho intramolecular Hbond substituents is 1. The summed E-state index contributed by atoms with van der Waals surface area (Å²) >= 11 is 0. The van der Waals surface area contributed by atoms with Crippen molar-refractivity contribution >= 4 is 5.91 Å². The lowest BCUT2D eigenvalue weighted by atomic mass is 10.1. The molecule has 1 aliphatic rings. The van der Waals surface area contributed by atoms with Crippen LogP contribution in [0.1, 0.15) is 18.4 Å². The van der Waals surface area contributed by atoms with E-state index in [1.54, 1.807) is 18.2 Å². The first-order chi connectivity index (χ1) is 9.15. The van der Waals surface area contributed by atoms with Gasteiger partial charge in [0.15, 0.2) is 0 Å². The zero-order valence-electron chi connectivity index (χ0n) is 11.0. The minimum Gasteiger partial charge on any atom is -0.508 e. The molecular weight excluding hydrogens is 242 g/mol. The molecule has 0 radical (unpaired) electrons. The third-order valence-corrected chi connectivity index (χ3v) is 3.47. The number of aromatic hydroxyl groups is 1. The maximum atomic E-state index is 11.8. The van der Waals surface area contributed by atoms with Crippen LogP contribution < -0.4 is 11.1 Å². The van der Waals surface area contributed by atoms with Gasteiger partial charge in [-0.05, 0) is 18.9 Å². The van der Waals surface area contributed by atoms with Crippen molar-refractivity contribution < 1.29 is 9.90 Å². The van der Waals surface area contributed by atoms with Crippen molar-refractivity contribution in [3.8, 4) is 5.75 Å². The number of likely N-dealkylation sites (tertiary alicyclic amines) is 1. The quantitative estimate of drug-likeness (QED) is 0.736. The zero-order chi connectivity index (χ0) is 13.7. The molecule has 0 aromatic heterocycles. The molecule has 0 aliphatic carbocycles. The van der Waals surface area contributed by atoms with E-state index in [0.29, 0.717) is 13.1 Å². The fraction of sp³-hybridized carbons (Fsp3) is 0.500. The number of phenols is 1. The van der Waals surface area contributed by atoms with E-state index < -0.39 is 0 Å². The number of carbonyl (C=O) groups excluding carboxylic acids is 1. The van der Waals surface area contributed by atoms with Crippen molar-refractivity contribution in [2.75, 3.05) is 19.6 Å². The Bertz CT molecular complexity index is 428. The number of piperidine rings is 1. The van der Waals surface area contributed by atoms with Crippen LogP contribution in [0.5, 0.6) is 5.75 Å². The van der Waals surface area contributed by atoms with Crippen LogP contribution in [-0.2, 0) is 11.3 Å². The predicted octanol–water partition coefficient (Wildman–Crippen LogP) is 0.432. The Morgan fingerprint density at radius 3 is 2.74 bits per heavy atom. The number of nitrogens with zero attached hydrogens (tertiary/aromatic N) is 1. The summed E-state index contributed by atoms with van der Waals surface area (Å²) in [6, 6.07) is 7.30. The Morgan fingerprint density at radius 1 is 1.37 bits per heavy atom. The van der Waals surface area contributed by atoms with Crippen LogP contribution >= 0.6 is 0 Å². The summed E-state index contributed by atoms with van der Waals surface area (Å²) in [5.74, 6) is 0.200. The molecule has 4 N–H and O–H groups in total. The van der Waals surface area contributed by atoms with Gasteiger partial charge in [0.25, 0.3) is 0 Å². The highest BCUT2D eigenvalue weighted by atomic mass is 16.3. The van der Waals surface area contributed by atoms with Gasteiger partial charge in [0.1, 0.15) is 5.75 Å². The van der Waals surface area contributed by atoms with Crippen LogP contribution in [0.2, 0.25) is 0 Å². The highest BCUT2D eigenvalue weighted by Gasteiger charge is 2.18. The molecule has 1 fully saturated rings. The number of amides is 1. The van der Waals surface area contributed by atoms with Gasteiger partial charge >= 0.3 is 0 Å². The van der Waals surface area contributed by atoms with Gasteiger partial charge in [-0.2, -0.15) is 0 Å². The molecule has 104 valence electrons. The molecular formula is C14H21N3O2. The van der Waals surface area contributed by atoms with Crippen molar-refractivity contribution in [2.24, 2.45) is 5.73 Å². The van der Waals surface area contributed by atoms with Crippen LogP contribution in [-0.4, -0.2) is 41.6 Å². The van der Waals surface area contributed by atoms with Gasteiger partial charge in [0, 0.05) is 31.2 Å². The molecule has 5 nitrogen and oxygen atoms in total. The summed E-state index contributed by atoms with van der Waals surface area (Å²) in [5.41, 5.74) is 6.56. The topological polar surface area (TPSA) is 78.6 Å². The Hall–Kier alpha value is -1.59. The van der Waals surface area contributed by atoms with Gasteiger partial charge in [0.2, 0.25) is 5.91 Å². The summed E-state index contributed by atoms with van der Waals surface area (Å²) in [6.07, 6.45) is 1.90. The van der Waals surface area contributed by atoms with E-state index in [4.69, 9.17) is 5.73 Å². The smallest absolute Gasteiger partial charge is 0.234 e. The van der Waals surface area contributed by atoms with Gasteiger partial charge in [-0.3, -0.25) is 9.69 Å². The number of carbonyl (C=O) groups is 1. The number of para-hydroxylation sites is 1. The highest BCUT2D eigenvalue weighted by molar-refractivity contribution is 5.78. The molecule has 1 saturated heterocycles. The van der Waals surface area contributed by atoms with Crippen molar-refractivity contribution in [3.63, 3.8) is 0 Å². The van der Waals surface area contributed by atoms with E-state index in [2.05, 4.69) is 10.2 Å². The molecule has 0 atom stereocenters. The summed E-state index contributed by atoms with van der Waals surface area (Å²) in [7, 11) is 0. The van der Waals surface area contributed by atoms with E-state index in [9.17, 15) is 9.90 Å². The molecule has 1 aromatic carbocycles. The van der Waals surface area contributed by atoms with Crippen LogP contribution in [0.3, 0.4) is 0 Å². The Labute approximate surface area is 113 Å². The van der Waals surface area contributed by atoms with Crippen molar-refractivity contribution in [2.45, 2.75) is 25.4 Å². The molecule has 0 unspecified atom stereocenters. The first-order valence-corrected chi connectivity index (χ1v) is 6.66. The van der Waals surface area contributed by atoms with E-state index in [1.807, 2.05) is 6.07 Å². The summed E-state index contributed by atoms with van der Waals surface area (Å²) < 4.78 is 0. The summed E-state index contributed by atoms with van der Waals surface area (Å²) in [5, 5.41) is 12.4. The largest absolute Gasteiger partial charge is 0.508 e. The van der Waals surface area contributed by atoms with Crippen molar-refractivity contribution in [3.05, 3.63) is 29.8 Å². The standard InChI is InChI=1S/C14H21N3O2/c15-12-5-7-17(8-6-12)10-14(19)16-9-11-3-1-2-4-13(11)18/h1-4,12,18H,5-10,15H2,(H,16,19). The van der Waals surface area contributed by atoms with Crippen LogP contribution in [0.25, 0.3) is 0 Å². The number of rotatable bonds is 4. The minimum atomic E-state index is -0.0151. The Morgan fingerprint density at radius 2 is 2.05 bits per heavy atom. The molecule has 1 aliphatic heterocycles. The molecule has 2 rings (SSSR count). The molecule has 1 heterocycles. The van der Waals surface area contributed by atoms with E-state index in [1.165, 1.54) is 0 Å². The van der Waals surface area contributed by atoms with Crippen LogP contribution in [0.4, 0.5) is 0 Å². The highest BCUT2D eigenvalue weighted by Crippen LogP contribution is 2.14. The average Bonchev–Trinajstić information content (AvgIpc) is 2.40. The maximum absolute atomic E-state index is 11.8. The second kappa shape index (κ2) is 6.54. The summed E-state index contributed by atoms with van der Waals surface area (Å²) in [6.45, 7) is 2.52. The monoisotopic (exact) mass is 263 g/mol. The normalized spacial score (nSPS) is 17.3. The molecule has 0 bridgehead atoms. The van der Waals surface area contributed by atoms with Gasteiger partial charge in [-0.1, -0.05) is 18.2 Å². The second-order valence-electron chi connectivity index (χ2n) is 5.02. The molecule has 5 heteroatoms. The number of hydrogen-bond acceptors (Lipinski definition) is 4. The minimum absolute atomic E-state index is 0.0151. The number of benzene rings is 1. The van der Waals surface area contributed by atoms with Crippen LogP contribution in [0.15, 0.2) is 24.3 Å². The van der Waals surface area contributed by atoms with E-state index in [-0.39, 0.29) is 17.7 Å². The number of hydrogen-bond donors (Lipinski definition) is 3. The first kappa shape index (κ1) is 13.8. The van der Waals surface area contributed by atoms with E-state index >= 15 is 0 Å². The maximum Gasteiger partial charge on any atom is 0.234 e. The van der Waals surface area contributed by atoms with Crippen molar-refractivity contribution in [1.82, 2.24) is 10.2 Å². The van der Waals surface area contributed by atoms with Crippen LogP contribution in [0, 0.1) is 0 Å². The third-order valence-electron chi connectivity index (χ3n) is 3.47. The molecule has 19 heavy (non-hydrogen) atoms. The third kappa shape index (κ3) is 4.22. The molecule has 1 amide bonds. The average molecular weight is 263 g/mol. The first-order valence-electron chi connectivity index (χ1n) is 6.66. The summed E-state index contributed by atoms with van der Waals surface area (Å²) in [4.78, 5) is 13.9. The number of nitrogens with one attached hydrogen (secondary N) is 1. The zero-order valence-corrected chi connectivity index (χ0v) is 11.0. The molecule has 0 saturated carbocycles. The lowest BCUT2D eigenvalue weighted by Gasteiger charge is -2.29. The fourth-order valence-electron chi connectivity index (χ4n) is 2.22. The number of nitrogens with two attached hydrogens (primary N) is 1. The van der Waals surface area contributed by atoms with Gasteiger partial charge < -0.3 is 16.2 Å². The molecule has 1 aromatic rings. The Kier molecular flexibility index (Phi) is 4.76. The lowest BCUT2D eigenvalue weighted by molar-refractivity contribution is -0.122. The van der Waals surface area contributed by atoms with Crippen molar-refractivity contribution in [1.29, 1.82) is 0 Å². The predicted molar refractivity (Wildman–Crippen MR) is 73.6 cm³/mol. The Balaban J connectivity index is 1.74. The van der Waals surface area contributed by atoms with E-state index in [0.717, 1.165) is 31.5 Å². The fourth-order valence-corrected chi connectivity index (χ4v) is 2.22. The SMILES string of the molecule is NC1CCN(CC(=O)NCc2ccccc2O)CC1. The second-order valence-corrected chi connectivity index (χ2v) is 5.02.